The zero-order valence-electron chi connectivity index (χ0n) is 9.49. The van der Waals surface area contributed by atoms with E-state index in [2.05, 4.69) is 5.32 Å². The molecule has 3 aliphatic rings. The number of rotatable bonds is 2. The lowest BCUT2D eigenvalue weighted by molar-refractivity contribution is 0.0799. The predicted molar refractivity (Wildman–Crippen MR) is 60.6 cm³/mol. The summed E-state index contributed by atoms with van der Waals surface area (Å²) in [6.45, 7) is 0. The van der Waals surface area contributed by atoms with Gasteiger partial charge in [-0.05, 0) is 43.9 Å². The molecule has 86 valence electrons. The fourth-order valence-corrected chi connectivity index (χ4v) is 4.03. The molecule has 0 unspecified atom stereocenters. The van der Waals surface area contributed by atoms with Crippen LogP contribution in [0.4, 0.5) is 0 Å². The maximum Gasteiger partial charge on any atom is 0.0693 e. The highest BCUT2D eigenvalue weighted by Gasteiger charge is 2.40. The summed E-state index contributed by atoms with van der Waals surface area (Å²) in [5.74, 6) is 1.94. The van der Waals surface area contributed by atoms with Crippen LogP contribution in [-0.2, 0) is 0 Å². The van der Waals surface area contributed by atoms with Crippen LogP contribution in [0.3, 0.4) is 0 Å². The lowest BCUT2D eigenvalue weighted by Gasteiger charge is -2.34. The summed E-state index contributed by atoms with van der Waals surface area (Å²) in [5.41, 5.74) is 0. The van der Waals surface area contributed by atoms with Gasteiger partial charge in [-0.3, -0.25) is 0 Å². The molecule has 3 fully saturated rings. The molecule has 3 aliphatic carbocycles. The van der Waals surface area contributed by atoms with Gasteiger partial charge in [0.05, 0.1) is 6.10 Å². The molecule has 0 radical (unpaired) electrons. The molecule has 3 rings (SSSR count). The molecule has 0 aromatic carbocycles. The van der Waals surface area contributed by atoms with Crippen molar-refractivity contribution in [3.8, 4) is 0 Å². The van der Waals surface area contributed by atoms with Crippen molar-refractivity contribution in [1.29, 1.82) is 0 Å². The first-order valence-corrected chi connectivity index (χ1v) is 6.77. The Labute approximate surface area is 92.4 Å². The summed E-state index contributed by atoms with van der Waals surface area (Å²) < 4.78 is 0. The van der Waals surface area contributed by atoms with Crippen molar-refractivity contribution in [2.75, 3.05) is 0 Å². The number of aliphatic hydroxyl groups is 1. The monoisotopic (exact) mass is 209 g/mol. The molecule has 0 aromatic heterocycles. The molecule has 2 nitrogen and oxygen atoms in total. The number of hydrogen-bond donors (Lipinski definition) is 2. The van der Waals surface area contributed by atoms with E-state index in [-0.39, 0.29) is 6.10 Å². The van der Waals surface area contributed by atoms with Crippen molar-refractivity contribution in [3.05, 3.63) is 0 Å². The number of nitrogens with one attached hydrogen (secondary N) is 1. The lowest BCUT2D eigenvalue weighted by atomic mass is 9.89. The Morgan fingerprint density at radius 1 is 0.867 bits per heavy atom. The van der Waals surface area contributed by atoms with E-state index in [1.54, 1.807) is 0 Å². The van der Waals surface area contributed by atoms with E-state index in [4.69, 9.17) is 0 Å². The van der Waals surface area contributed by atoms with Crippen LogP contribution in [0.25, 0.3) is 0 Å². The highest BCUT2D eigenvalue weighted by Crippen LogP contribution is 2.44. The molecule has 0 saturated heterocycles. The summed E-state index contributed by atoms with van der Waals surface area (Å²) in [7, 11) is 0. The lowest BCUT2D eigenvalue weighted by Crippen LogP contribution is -2.48. The summed E-state index contributed by atoms with van der Waals surface area (Å²) in [4.78, 5) is 0. The Bertz CT molecular complexity index is 231. The minimum Gasteiger partial charge on any atom is -0.392 e. The zero-order chi connectivity index (χ0) is 10.3. The molecule has 2 bridgehead atoms. The van der Waals surface area contributed by atoms with Crippen molar-refractivity contribution < 1.29 is 5.11 Å². The molecule has 0 amide bonds. The molecule has 0 aliphatic heterocycles. The van der Waals surface area contributed by atoms with Gasteiger partial charge in [0.1, 0.15) is 0 Å². The predicted octanol–water partition coefficient (Wildman–Crippen LogP) is 2.07. The highest BCUT2D eigenvalue weighted by atomic mass is 16.3. The van der Waals surface area contributed by atoms with Crippen LogP contribution in [0.5, 0.6) is 0 Å². The van der Waals surface area contributed by atoms with E-state index in [1.807, 2.05) is 0 Å². The van der Waals surface area contributed by atoms with Crippen LogP contribution in [0.1, 0.15) is 51.4 Å². The summed E-state index contributed by atoms with van der Waals surface area (Å²) in [6, 6.07) is 1.14. The Kier molecular flexibility index (Phi) is 2.73. The van der Waals surface area contributed by atoms with Gasteiger partial charge in [-0.15, -0.1) is 0 Å². The largest absolute Gasteiger partial charge is 0.392 e. The first-order chi connectivity index (χ1) is 7.33. The van der Waals surface area contributed by atoms with E-state index >= 15 is 0 Å². The average molecular weight is 209 g/mol. The summed E-state index contributed by atoms with van der Waals surface area (Å²) in [6.07, 6.45) is 10.4. The fraction of sp³-hybridized carbons (Fsp3) is 1.00. The van der Waals surface area contributed by atoms with E-state index in [0.29, 0.717) is 6.04 Å². The molecule has 2 N–H and O–H groups in total. The van der Waals surface area contributed by atoms with E-state index in [1.165, 1.54) is 44.9 Å². The van der Waals surface area contributed by atoms with Gasteiger partial charge in [0.15, 0.2) is 0 Å². The number of hydrogen-bond acceptors (Lipinski definition) is 2. The minimum atomic E-state index is -0.0714. The quantitative estimate of drug-likeness (QED) is 0.729. The van der Waals surface area contributed by atoms with Crippen LogP contribution < -0.4 is 5.32 Å². The number of fused-ring (bicyclic) bond motifs is 2. The van der Waals surface area contributed by atoms with E-state index < -0.39 is 0 Å². The van der Waals surface area contributed by atoms with Crippen molar-refractivity contribution in [1.82, 2.24) is 5.32 Å². The molecule has 15 heavy (non-hydrogen) atoms. The second-order valence-corrected chi connectivity index (χ2v) is 5.91. The van der Waals surface area contributed by atoms with E-state index in [9.17, 15) is 5.11 Å². The summed E-state index contributed by atoms with van der Waals surface area (Å²) in [5, 5.41) is 13.7. The van der Waals surface area contributed by atoms with Crippen molar-refractivity contribution >= 4 is 0 Å². The summed E-state index contributed by atoms with van der Waals surface area (Å²) >= 11 is 0. The zero-order valence-corrected chi connectivity index (χ0v) is 9.49. The second-order valence-electron chi connectivity index (χ2n) is 5.91. The van der Waals surface area contributed by atoms with Gasteiger partial charge in [0, 0.05) is 12.1 Å². The Morgan fingerprint density at radius 2 is 1.73 bits per heavy atom. The standard InChI is InChI=1S/C13H23NO/c15-13-4-2-1-3-11(13)14-12-8-9-5-6-10(12)7-9/h9-15H,1-8H2/t9-,10-,11-,12-,13+/m0/s1. The van der Waals surface area contributed by atoms with Crippen molar-refractivity contribution in [3.63, 3.8) is 0 Å². The Hall–Kier alpha value is -0.0800. The van der Waals surface area contributed by atoms with Crippen molar-refractivity contribution in [2.45, 2.75) is 69.6 Å². The smallest absolute Gasteiger partial charge is 0.0693 e. The molecule has 2 heteroatoms. The van der Waals surface area contributed by atoms with Gasteiger partial charge >= 0.3 is 0 Å². The first-order valence-electron chi connectivity index (χ1n) is 6.77. The molecule has 0 heterocycles. The van der Waals surface area contributed by atoms with Crippen molar-refractivity contribution in [2.24, 2.45) is 11.8 Å². The van der Waals surface area contributed by atoms with Gasteiger partial charge in [0.2, 0.25) is 0 Å². The molecule has 3 saturated carbocycles. The van der Waals surface area contributed by atoms with Gasteiger partial charge in [-0.1, -0.05) is 19.3 Å². The normalized spacial score (nSPS) is 49.8. The molecule has 0 aromatic rings. The molecule has 0 spiro atoms. The Morgan fingerprint density at radius 3 is 2.40 bits per heavy atom. The van der Waals surface area contributed by atoms with Crippen LogP contribution in [0, 0.1) is 11.8 Å². The van der Waals surface area contributed by atoms with Crippen LogP contribution in [0.2, 0.25) is 0 Å². The third kappa shape index (κ3) is 1.94. The van der Waals surface area contributed by atoms with Crippen LogP contribution in [-0.4, -0.2) is 23.3 Å². The minimum absolute atomic E-state index is 0.0714. The molecular formula is C13H23NO. The second kappa shape index (κ2) is 4.06. The van der Waals surface area contributed by atoms with E-state index in [0.717, 1.165) is 24.3 Å². The van der Waals surface area contributed by atoms with Gasteiger partial charge in [0.25, 0.3) is 0 Å². The highest BCUT2D eigenvalue weighted by molar-refractivity contribution is 4.96. The SMILES string of the molecule is O[C@@H]1CCCC[C@@H]1N[C@H]1C[C@H]2CC[C@H]1C2. The maximum absolute atomic E-state index is 9.94. The number of aliphatic hydroxyl groups excluding tert-OH is 1. The molecule has 5 atom stereocenters. The molecular weight excluding hydrogens is 186 g/mol. The fourth-order valence-electron chi connectivity index (χ4n) is 4.03. The topological polar surface area (TPSA) is 32.3 Å². The van der Waals surface area contributed by atoms with Crippen LogP contribution >= 0.6 is 0 Å². The Balaban J connectivity index is 1.56. The third-order valence-electron chi connectivity index (χ3n) is 4.90. The van der Waals surface area contributed by atoms with Gasteiger partial charge in [-0.25, -0.2) is 0 Å². The third-order valence-corrected chi connectivity index (χ3v) is 4.90. The van der Waals surface area contributed by atoms with Gasteiger partial charge < -0.3 is 10.4 Å². The maximum atomic E-state index is 9.94. The van der Waals surface area contributed by atoms with Gasteiger partial charge in [-0.2, -0.15) is 0 Å². The first kappa shape index (κ1) is 10.1. The average Bonchev–Trinajstić information content (AvgIpc) is 2.83. The van der Waals surface area contributed by atoms with Crippen LogP contribution in [0.15, 0.2) is 0 Å².